The first-order valence-electron chi connectivity index (χ1n) is 8.99. The summed E-state index contributed by atoms with van der Waals surface area (Å²) in [7, 11) is 0. The number of aromatic nitrogens is 2. The normalized spacial score (nSPS) is 13.9. The SMILES string of the molecule is Cc1ccc(C)c(OC[C@H](O)Cn2c(=O)c(C#N)c3n(c2=O)CCC3)c1C. The zero-order chi connectivity index (χ0) is 19.7. The molecule has 1 aromatic carbocycles. The van der Waals surface area contributed by atoms with E-state index in [0.717, 1.165) is 27.7 Å². The minimum Gasteiger partial charge on any atom is -0.490 e. The van der Waals surface area contributed by atoms with Crippen LogP contribution in [-0.4, -0.2) is 27.0 Å². The van der Waals surface area contributed by atoms with Gasteiger partial charge in [0.1, 0.15) is 30.1 Å². The van der Waals surface area contributed by atoms with E-state index >= 15 is 0 Å². The van der Waals surface area contributed by atoms with Crippen LogP contribution in [0.5, 0.6) is 5.75 Å². The lowest BCUT2D eigenvalue weighted by Crippen LogP contribution is -2.44. The maximum Gasteiger partial charge on any atom is 0.331 e. The Morgan fingerprint density at radius 2 is 1.96 bits per heavy atom. The fraction of sp³-hybridized carbons (Fsp3) is 0.450. The van der Waals surface area contributed by atoms with Crippen LogP contribution in [0.3, 0.4) is 0 Å². The molecule has 0 fully saturated rings. The Bertz CT molecular complexity index is 1040. The lowest BCUT2D eigenvalue weighted by Gasteiger charge is -2.18. The van der Waals surface area contributed by atoms with Crippen molar-refractivity contribution in [2.24, 2.45) is 0 Å². The number of nitriles is 1. The van der Waals surface area contributed by atoms with E-state index in [1.165, 1.54) is 4.57 Å². The summed E-state index contributed by atoms with van der Waals surface area (Å²) in [6.45, 7) is 6.06. The van der Waals surface area contributed by atoms with Crippen molar-refractivity contribution in [2.45, 2.75) is 52.8 Å². The van der Waals surface area contributed by atoms with Crippen LogP contribution in [0.15, 0.2) is 21.7 Å². The first-order chi connectivity index (χ1) is 12.8. The van der Waals surface area contributed by atoms with E-state index < -0.39 is 17.4 Å². The monoisotopic (exact) mass is 369 g/mol. The maximum absolute atomic E-state index is 12.6. The second-order valence-corrected chi connectivity index (χ2v) is 7.01. The van der Waals surface area contributed by atoms with Gasteiger partial charge in [0.25, 0.3) is 5.56 Å². The largest absolute Gasteiger partial charge is 0.490 e. The van der Waals surface area contributed by atoms with Crippen molar-refractivity contribution in [3.05, 3.63) is 60.9 Å². The highest BCUT2D eigenvalue weighted by atomic mass is 16.5. The Labute approximate surface area is 157 Å². The molecule has 0 amide bonds. The Morgan fingerprint density at radius 3 is 2.67 bits per heavy atom. The van der Waals surface area contributed by atoms with Crippen LogP contribution in [0, 0.1) is 32.1 Å². The van der Waals surface area contributed by atoms with Gasteiger partial charge < -0.3 is 9.84 Å². The van der Waals surface area contributed by atoms with Crippen LogP contribution in [0.2, 0.25) is 0 Å². The van der Waals surface area contributed by atoms with Gasteiger partial charge in [-0.1, -0.05) is 12.1 Å². The van der Waals surface area contributed by atoms with Gasteiger partial charge in [-0.2, -0.15) is 5.26 Å². The summed E-state index contributed by atoms with van der Waals surface area (Å²) in [5.41, 5.74) is 2.39. The molecule has 0 spiro atoms. The van der Waals surface area contributed by atoms with Crippen LogP contribution >= 0.6 is 0 Å². The van der Waals surface area contributed by atoms with E-state index in [2.05, 4.69) is 0 Å². The van der Waals surface area contributed by atoms with Gasteiger partial charge in [0.15, 0.2) is 0 Å². The number of benzene rings is 1. The summed E-state index contributed by atoms with van der Waals surface area (Å²) >= 11 is 0. The lowest BCUT2D eigenvalue weighted by molar-refractivity contribution is 0.0893. The molecule has 2 aromatic rings. The minimum absolute atomic E-state index is 0.00871. The molecule has 1 aliphatic heterocycles. The van der Waals surface area contributed by atoms with Gasteiger partial charge in [0.05, 0.1) is 6.54 Å². The van der Waals surface area contributed by atoms with Crippen molar-refractivity contribution in [1.29, 1.82) is 5.26 Å². The van der Waals surface area contributed by atoms with Gasteiger partial charge in [0, 0.05) is 12.2 Å². The second kappa shape index (κ2) is 7.41. The number of nitrogens with zero attached hydrogens (tertiary/aromatic N) is 3. The van der Waals surface area contributed by atoms with Crippen molar-refractivity contribution in [3.63, 3.8) is 0 Å². The molecule has 2 heterocycles. The Morgan fingerprint density at radius 1 is 1.26 bits per heavy atom. The third kappa shape index (κ3) is 3.40. The highest BCUT2D eigenvalue weighted by molar-refractivity contribution is 5.44. The molecule has 1 aliphatic rings. The number of hydrogen-bond acceptors (Lipinski definition) is 5. The molecule has 1 atom stereocenters. The second-order valence-electron chi connectivity index (χ2n) is 7.01. The van der Waals surface area contributed by atoms with E-state index in [-0.39, 0.29) is 18.7 Å². The van der Waals surface area contributed by atoms with Crippen molar-refractivity contribution in [2.75, 3.05) is 6.61 Å². The number of fused-ring (bicyclic) bond motifs is 1. The average Bonchev–Trinajstić information content (AvgIpc) is 3.12. The molecule has 0 saturated heterocycles. The van der Waals surface area contributed by atoms with Gasteiger partial charge >= 0.3 is 5.69 Å². The van der Waals surface area contributed by atoms with E-state index in [1.807, 2.05) is 39.0 Å². The zero-order valence-electron chi connectivity index (χ0n) is 15.8. The summed E-state index contributed by atoms with van der Waals surface area (Å²) in [5.74, 6) is 0.699. The van der Waals surface area contributed by atoms with Gasteiger partial charge in [-0.3, -0.25) is 13.9 Å². The molecule has 0 unspecified atom stereocenters. The molecule has 0 radical (unpaired) electrons. The molecule has 1 N–H and O–H groups in total. The Kier molecular flexibility index (Phi) is 5.19. The molecule has 0 bridgehead atoms. The third-order valence-corrected chi connectivity index (χ3v) is 5.13. The Balaban J connectivity index is 1.83. The first-order valence-corrected chi connectivity index (χ1v) is 8.99. The average molecular weight is 369 g/mol. The standard InChI is InChI=1S/C20H23N3O4/c1-12-6-7-13(2)18(14(12)3)27-11-15(24)10-23-19(25)16(9-21)17-5-4-8-22(17)20(23)26/h6-7,15,24H,4-5,8,10-11H2,1-3H3/t15-/m1/s1. The maximum atomic E-state index is 12.6. The van der Waals surface area contributed by atoms with Crippen molar-refractivity contribution in [1.82, 2.24) is 9.13 Å². The third-order valence-electron chi connectivity index (χ3n) is 5.13. The molecule has 142 valence electrons. The smallest absolute Gasteiger partial charge is 0.331 e. The molecule has 7 nitrogen and oxygen atoms in total. The van der Waals surface area contributed by atoms with E-state index in [0.29, 0.717) is 24.4 Å². The van der Waals surface area contributed by atoms with Crippen LogP contribution in [0.4, 0.5) is 0 Å². The summed E-state index contributed by atoms with van der Waals surface area (Å²) in [4.78, 5) is 25.1. The zero-order valence-corrected chi connectivity index (χ0v) is 15.8. The predicted molar refractivity (Wildman–Crippen MR) is 100 cm³/mol. The number of aliphatic hydroxyl groups is 1. The summed E-state index contributed by atoms with van der Waals surface area (Å²) in [5, 5.41) is 19.7. The molecule has 1 aromatic heterocycles. The van der Waals surface area contributed by atoms with E-state index in [4.69, 9.17) is 4.74 Å². The topological polar surface area (TPSA) is 97.2 Å². The number of aliphatic hydroxyl groups excluding tert-OH is 1. The van der Waals surface area contributed by atoms with Gasteiger partial charge in [-0.15, -0.1) is 0 Å². The van der Waals surface area contributed by atoms with Crippen molar-refractivity contribution < 1.29 is 9.84 Å². The number of hydrogen-bond donors (Lipinski definition) is 1. The fourth-order valence-corrected chi connectivity index (χ4v) is 3.50. The predicted octanol–water partition coefficient (Wildman–Crippen LogP) is 1.19. The van der Waals surface area contributed by atoms with Crippen molar-refractivity contribution >= 4 is 0 Å². The first kappa shape index (κ1) is 18.9. The molecule has 0 saturated carbocycles. The van der Waals surface area contributed by atoms with Crippen LogP contribution in [0.1, 0.15) is 34.4 Å². The molecule has 7 heteroatoms. The van der Waals surface area contributed by atoms with Gasteiger partial charge in [0.2, 0.25) is 0 Å². The molecular formula is C20H23N3O4. The Hall–Kier alpha value is -2.85. The summed E-state index contributed by atoms with van der Waals surface area (Å²) in [6.07, 6.45) is 0.220. The molecule has 3 rings (SSSR count). The molecule has 27 heavy (non-hydrogen) atoms. The quantitative estimate of drug-likeness (QED) is 0.854. The van der Waals surface area contributed by atoms with Crippen LogP contribution < -0.4 is 16.0 Å². The number of rotatable bonds is 5. The number of aryl methyl sites for hydroxylation is 2. The lowest BCUT2D eigenvalue weighted by atomic mass is 10.1. The number of ether oxygens (including phenoxy) is 1. The van der Waals surface area contributed by atoms with E-state index in [9.17, 15) is 20.0 Å². The molecule has 0 aliphatic carbocycles. The van der Waals surface area contributed by atoms with Crippen LogP contribution in [-0.2, 0) is 19.5 Å². The van der Waals surface area contributed by atoms with Crippen LogP contribution in [0.25, 0.3) is 0 Å². The summed E-state index contributed by atoms with van der Waals surface area (Å²) in [6, 6.07) is 5.86. The summed E-state index contributed by atoms with van der Waals surface area (Å²) < 4.78 is 8.17. The molecular weight excluding hydrogens is 346 g/mol. The van der Waals surface area contributed by atoms with E-state index in [1.54, 1.807) is 0 Å². The minimum atomic E-state index is -1.05. The highest BCUT2D eigenvalue weighted by Gasteiger charge is 2.23. The highest BCUT2D eigenvalue weighted by Crippen LogP contribution is 2.25. The van der Waals surface area contributed by atoms with Crippen molar-refractivity contribution in [3.8, 4) is 11.8 Å². The van der Waals surface area contributed by atoms with Gasteiger partial charge in [-0.05, 0) is 50.3 Å². The van der Waals surface area contributed by atoms with Gasteiger partial charge in [-0.25, -0.2) is 4.79 Å². The fourth-order valence-electron chi connectivity index (χ4n) is 3.50.